The van der Waals surface area contributed by atoms with Crippen molar-refractivity contribution in [3.05, 3.63) is 89.0 Å². The first-order valence-corrected chi connectivity index (χ1v) is 9.76. The first kappa shape index (κ1) is 16.9. The second-order valence-corrected chi connectivity index (χ2v) is 7.55. The Kier molecular flexibility index (Phi) is 4.55. The zero-order valence-corrected chi connectivity index (χ0v) is 16.0. The van der Waals surface area contributed by atoms with Crippen LogP contribution in [-0.4, -0.2) is 0 Å². The predicted molar refractivity (Wildman–Crippen MR) is 112 cm³/mol. The highest BCUT2D eigenvalue weighted by Crippen LogP contribution is 2.37. The Morgan fingerprint density at radius 2 is 1.31 bits per heavy atom. The molecule has 0 aliphatic heterocycles. The summed E-state index contributed by atoms with van der Waals surface area (Å²) in [4.78, 5) is 2.38. The summed E-state index contributed by atoms with van der Waals surface area (Å²) in [6.07, 6.45) is 3.50. The Morgan fingerprint density at radius 1 is 0.731 bits per heavy atom. The van der Waals surface area contributed by atoms with Crippen LogP contribution in [0.15, 0.2) is 66.7 Å². The van der Waals surface area contributed by atoms with Crippen molar-refractivity contribution in [2.24, 2.45) is 0 Å². The van der Waals surface area contributed by atoms with Crippen LogP contribution in [0.5, 0.6) is 0 Å². The van der Waals surface area contributed by atoms with Gasteiger partial charge in [-0.2, -0.15) is 0 Å². The van der Waals surface area contributed by atoms with Gasteiger partial charge in [-0.3, -0.25) is 0 Å². The second kappa shape index (κ2) is 6.99. The summed E-state index contributed by atoms with van der Waals surface area (Å²) in [6, 6.07) is 24.9. The normalized spacial score (nSPS) is 12.6. The molecule has 0 radical (unpaired) electrons. The van der Waals surface area contributed by atoms with Gasteiger partial charge in [-0.25, -0.2) is 0 Å². The van der Waals surface area contributed by atoms with Crippen molar-refractivity contribution in [3.8, 4) is 0 Å². The van der Waals surface area contributed by atoms with Gasteiger partial charge in [0, 0.05) is 17.1 Å². The fourth-order valence-corrected chi connectivity index (χ4v) is 3.66. The van der Waals surface area contributed by atoms with Crippen LogP contribution in [0.2, 0.25) is 0 Å². The van der Waals surface area contributed by atoms with Gasteiger partial charge in [0.1, 0.15) is 0 Å². The molecule has 1 aliphatic carbocycles. The molecule has 0 unspecified atom stereocenters. The van der Waals surface area contributed by atoms with E-state index in [2.05, 4.69) is 92.4 Å². The Morgan fingerprint density at radius 3 is 1.81 bits per heavy atom. The van der Waals surface area contributed by atoms with Crippen LogP contribution < -0.4 is 4.90 Å². The van der Waals surface area contributed by atoms with Gasteiger partial charge in [-0.15, -0.1) is 0 Å². The molecule has 0 aromatic heterocycles. The number of hydrogen-bond donors (Lipinski definition) is 0. The van der Waals surface area contributed by atoms with E-state index in [4.69, 9.17) is 0 Å². The minimum absolute atomic E-state index is 0.554. The molecule has 0 amide bonds. The average Bonchev–Trinajstić information content (AvgIpc) is 2.65. The highest BCUT2D eigenvalue weighted by molar-refractivity contribution is 5.77. The van der Waals surface area contributed by atoms with Crippen LogP contribution in [0.3, 0.4) is 0 Å². The summed E-state index contributed by atoms with van der Waals surface area (Å²) in [6.45, 7) is 6.69. The summed E-state index contributed by atoms with van der Waals surface area (Å²) in [5.41, 5.74) is 9.46. The van der Waals surface area contributed by atoms with Crippen molar-refractivity contribution < 1.29 is 0 Å². The van der Waals surface area contributed by atoms with Gasteiger partial charge in [0.15, 0.2) is 0 Å². The van der Waals surface area contributed by atoms with E-state index < -0.39 is 0 Å². The second-order valence-electron chi connectivity index (χ2n) is 7.55. The highest BCUT2D eigenvalue weighted by Gasteiger charge is 2.18. The molecule has 0 atom stereocenters. The maximum Gasteiger partial charge on any atom is 0.0464 e. The van der Waals surface area contributed by atoms with E-state index in [1.165, 1.54) is 52.2 Å². The highest BCUT2D eigenvalue weighted by atomic mass is 15.1. The Bertz CT molecular complexity index is 888. The minimum Gasteiger partial charge on any atom is -0.310 e. The average molecular weight is 341 g/mol. The first-order chi connectivity index (χ1) is 12.7. The molecule has 132 valence electrons. The van der Waals surface area contributed by atoms with Crippen LogP contribution in [0, 0.1) is 0 Å². The number of nitrogens with zero attached hydrogens (tertiary/aromatic N) is 1. The number of anilines is 3. The topological polar surface area (TPSA) is 3.24 Å². The standard InChI is InChI=1S/C25H27N/c1-4-19-5-12-23(13-6-19)26(24-14-9-20(10-15-24)18(2)3)25-16-11-21-7-8-22(21)17-25/h5-6,9-18H,4,7-8H2,1-3H3. The summed E-state index contributed by atoms with van der Waals surface area (Å²) in [7, 11) is 0. The van der Waals surface area contributed by atoms with Crippen molar-refractivity contribution in [1.29, 1.82) is 0 Å². The lowest BCUT2D eigenvalue weighted by atomic mass is 9.88. The molecular weight excluding hydrogens is 314 g/mol. The molecule has 0 bridgehead atoms. The number of fused-ring (bicyclic) bond motifs is 1. The SMILES string of the molecule is CCc1ccc(N(c2ccc(C(C)C)cc2)c2ccc3c(c2)CC3)cc1. The van der Waals surface area contributed by atoms with Crippen LogP contribution in [0.25, 0.3) is 0 Å². The van der Waals surface area contributed by atoms with Crippen LogP contribution in [0.4, 0.5) is 17.1 Å². The number of aryl methyl sites for hydroxylation is 3. The number of rotatable bonds is 5. The fourth-order valence-electron chi connectivity index (χ4n) is 3.66. The Hall–Kier alpha value is -2.54. The fraction of sp³-hybridized carbons (Fsp3) is 0.280. The molecule has 1 heteroatoms. The Labute approximate surface area is 157 Å². The third-order valence-electron chi connectivity index (χ3n) is 5.53. The number of hydrogen-bond acceptors (Lipinski definition) is 1. The molecule has 3 aromatic rings. The lowest BCUT2D eigenvalue weighted by molar-refractivity contribution is 0.839. The molecule has 0 saturated carbocycles. The molecule has 0 N–H and O–H groups in total. The third-order valence-corrected chi connectivity index (χ3v) is 5.53. The van der Waals surface area contributed by atoms with Crippen LogP contribution in [-0.2, 0) is 19.3 Å². The largest absolute Gasteiger partial charge is 0.310 e. The molecule has 0 heterocycles. The Balaban J connectivity index is 1.78. The van der Waals surface area contributed by atoms with Gasteiger partial charge >= 0.3 is 0 Å². The summed E-state index contributed by atoms with van der Waals surface area (Å²) >= 11 is 0. The molecule has 0 saturated heterocycles. The van der Waals surface area contributed by atoms with Crippen molar-refractivity contribution in [2.45, 2.75) is 46.0 Å². The molecule has 0 spiro atoms. The third kappa shape index (κ3) is 3.14. The van der Waals surface area contributed by atoms with E-state index in [0.717, 1.165) is 6.42 Å². The zero-order chi connectivity index (χ0) is 18.1. The van der Waals surface area contributed by atoms with Crippen molar-refractivity contribution in [1.82, 2.24) is 0 Å². The maximum absolute atomic E-state index is 2.38. The summed E-state index contributed by atoms with van der Waals surface area (Å²) < 4.78 is 0. The number of benzene rings is 3. The zero-order valence-electron chi connectivity index (χ0n) is 16.0. The van der Waals surface area contributed by atoms with Gasteiger partial charge in [0.25, 0.3) is 0 Å². The van der Waals surface area contributed by atoms with E-state index in [-0.39, 0.29) is 0 Å². The van der Waals surface area contributed by atoms with Gasteiger partial charge in [0.05, 0.1) is 0 Å². The molecule has 26 heavy (non-hydrogen) atoms. The summed E-state index contributed by atoms with van der Waals surface area (Å²) in [5, 5.41) is 0. The summed E-state index contributed by atoms with van der Waals surface area (Å²) in [5.74, 6) is 0.554. The molecular formula is C25H27N. The van der Waals surface area contributed by atoms with Crippen LogP contribution in [0.1, 0.15) is 48.9 Å². The smallest absolute Gasteiger partial charge is 0.0464 e. The molecule has 0 fully saturated rings. The van der Waals surface area contributed by atoms with E-state index in [0.29, 0.717) is 5.92 Å². The maximum atomic E-state index is 2.38. The lowest BCUT2D eigenvalue weighted by Gasteiger charge is -2.29. The molecule has 1 aliphatic rings. The first-order valence-electron chi connectivity index (χ1n) is 9.76. The lowest BCUT2D eigenvalue weighted by Crippen LogP contribution is -2.14. The predicted octanol–water partition coefficient (Wildman–Crippen LogP) is 6.94. The molecule has 4 rings (SSSR count). The van der Waals surface area contributed by atoms with Gasteiger partial charge < -0.3 is 4.90 Å². The van der Waals surface area contributed by atoms with Crippen molar-refractivity contribution in [3.63, 3.8) is 0 Å². The van der Waals surface area contributed by atoms with Gasteiger partial charge in [0.2, 0.25) is 0 Å². The monoisotopic (exact) mass is 341 g/mol. The van der Waals surface area contributed by atoms with E-state index in [1.54, 1.807) is 0 Å². The van der Waals surface area contributed by atoms with Crippen molar-refractivity contribution in [2.75, 3.05) is 4.90 Å². The van der Waals surface area contributed by atoms with E-state index in [9.17, 15) is 0 Å². The van der Waals surface area contributed by atoms with Crippen molar-refractivity contribution >= 4 is 17.1 Å². The van der Waals surface area contributed by atoms with Gasteiger partial charge in [-0.1, -0.05) is 51.1 Å². The van der Waals surface area contributed by atoms with E-state index >= 15 is 0 Å². The minimum atomic E-state index is 0.554. The van der Waals surface area contributed by atoms with Gasteiger partial charge in [-0.05, 0) is 83.8 Å². The van der Waals surface area contributed by atoms with E-state index in [1.807, 2.05) is 0 Å². The molecule has 1 nitrogen and oxygen atoms in total. The van der Waals surface area contributed by atoms with Crippen LogP contribution >= 0.6 is 0 Å². The molecule has 3 aromatic carbocycles. The quantitative estimate of drug-likeness (QED) is 0.486.